The van der Waals surface area contributed by atoms with E-state index in [0.29, 0.717) is 5.56 Å². The first-order valence-electron chi connectivity index (χ1n) is 5.25. The van der Waals surface area contributed by atoms with Crippen LogP contribution in [0.1, 0.15) is 22.8 Å². The first-order chi connectivity index (χ1) is 8.27. The van der Waals surface area contributed by atoms with Gasteiger partial charge >= 0.3 is 5.97 Å². The lowest BCUT2D eigenvalue weighted by molar-refractivity contribution is 0.0696. The normalized spacial score (nSPS) is 13.3. The minimum atomic E-state index is -3.82. The zero-order valence-electron chi connectivity index (χ0n) is 10.0. The van der Waals surface area contributed by atoms with Gasteiger partial charge in [0.05, 0.1) is 17.1 Å². The van der Waals surface area contributed by atoms with E-state index in [1.54, 1.807) is 6.92 Å². The zero-order chi connectivity index (χ0) is 13.9. The molecule has 1 rings (SSSR count). The molecule has 0 fully saturated rings. The number of carboxylic acid groups (broad SMARTS) is 1. The molecule has 0 spiro atoms. The molecule has 0 aromatic heterocycles. The average Bonchev–Trinajstić information content (AvgIpc) is 2.28. The Bertz CT molecular complexity index is 553. The van der Waals surface area contributed by atoms with Crippen molar-refractivity contribution in [2.24, 2.45) is 0 Å². The molecule has 0 aliphatic heterocycles. The van der Waals surface area contributed by atoms with E-state index in [2.05, 4.69) is 4.72 Å². The first kappa shape index (κ1) is 14.6. The fraction of sp³-hybridized carbons (Fsp3) is 0.364. The third kappa shape index (κ3) is 3.28. The van der Waals surface area contributed by atoms with Crippen molar-refractivity contribution < 1.29 is 23.4 Å². The summed E-state index contributed by atoms with van der Waals surface area (Å²) in [6.45, 7) is 2.75. The molecule has 0 aliphatic rings. The SMILES string of the molecule is Cc1ccc(S(=O)(=O)N[C@H](C)CO)cc1C(=O)O. The van der Waals surface area contributed by atoms with Gasteiger partial charge in [-0.15, -0.1) is 0 Å². The molecule has 100 valence electrons. The summed E-state index contributed by atoms with van der Waals surface area (Å²) in [5.41, 5.74) is 0.422. The van der Waals surface area contributed by atoms with Gasteiger partial charge in [-0.05, 0) is 31.5 Å². The summed E-state index contributed by atoms with van der Waals surface area (Å²) in [6, 6.07) is 3.23. The Morgan fingerprint density at radius 1 is 1.44 bits per heavy atom. The fourth-order valence-corrected chi connectivity index (χ4v) is 2.63. The van der Waals surface area contributed by atoms with Crippen molar-refractivity contribution in [1.82, 2.24) is 4.72 Å². The highest BCUT2D eigenvalue weighted by Crippen LogP contribution is 2.16. The van der Waals surface area contributed by atoms with Crippen molar-refractivity contribution in [3.63, 3.8) is 0 Å². The number of rotatable bonds is 5. The molecule has 0 amide bonds. The molecule has 0 radical (unpaired) electrons. The standard InChI is InChI=1S/C11H15NO5S/c1-7-3-4-9(5-10(7)11(14)15)18(16,17)12-8(2)6-13/h3-5,8,12-13H,6H2,1-2H3,(H,14,15)/t8-/m1/s1. The third-order valence-corrected chi connectivity index (χ3v) is 3.97. The number of aromatic carboxylic acids is 1. The van der Waals surface area contributed by atoms with Gasteiger partial charge in [-0.3, -0.25) is 0 Å². The molecule has 6 nitrogen and oxygen atoms in total. The minimum absolute atomic E-state index is 0.0606. The summed E-state index contributed by atoms with van der Waals surface area (Å²) in [4.78, 5) is 10.8. The van der Waals surface area contributed by atoms with Gasteiger partial charge in [0.2, 0.25) is 10.0 Å². The van der Waals surface area contributed by atoms with E-state index in [0.717, 1.165) is 6.07 Å². The number of hydrogen-bond acceptors (Lipinski definition) is 4. The van der Waals surface area contributed by atoms with E-state index >= 15 is 0 Å². The quantitative estimate of drug-likeness (QED) is 0.718. The molecule has 1 aromatic carbocycles. The Labute approximate surface area is 105 Å². The maximum Gasteiger partial charge on any atom is 0.335 e. The van der Waals surface area contributed by atoms with Gasteiger partial charge < -0.3 is 10.2 Å². The van der Waals surface area contributed by atoms with E-state index in [1.807, 2.05) is 0 Å². The molecular formula is C11H15NO5S. The van der Waals surface area contributed by atoms with Crippen molar-refractivity contribution in [3.05, 3.63) is 29.3 Å². The van der Waals surface area contributed by atoms with E-state index in [9.17, 15) is 13.2 Å². The second-order valence-corrected chi connectivity index (χ2v) is 5.70. The molecule has 0 unspecified atom stereocenters. The predicted molar refractivity (Wildman–Crippen MR) is 65.0 cm³/mol. The van der Waals surface area contributed by atoms with E-state index in [1.165, 1.54) is 19.1 Å². The van der Waals surface area contributed by atoms with Gasteiger partial charge in [-0.2, -0.15) is 0 Å². The van der Waals surface area contributed by atoms with Crippen molar-refractivity contribution in [1.29, 1.82) is 0 Å². The van der Waals surface area contributed by atoms with Crippen LogP contribution in [0.5, 0.6) is 0 Å². The predicted octanol–water partition coefficient (Wildman–Crippen LogP) is 0.352. The maximum atomic E-state index is 11.9. The molecule has 1 atom stereocenters. The van der Waals surface area contributed by atoms with Crippen LogP contribution in [0.15, 0.2) is 23.1 Å². The number of aliphatic hydroxyl groups excluding tert-OH is 1. The summed E-state index contributed by atoms with van der Waals surface area (Å²) in [7, 11) is -3.82. The number of hydrogen-bond donors (Lipinski definition) is 3. The number of nitrogens with one attached hydrogen (secondary N) is 1. The summed E-state index contributed by atoms with van der Waals surface area (Å²) in [5.74, 6) is -1.18. The van der Waals surface area contributed by atoms with Crippen LogP contribution in [0, 0.1) is 6.92 Å². The van der Waals surface area contributed by atoms with Gasteiger partial charge in [0.1, 0.15) is 0 Å². The lowest BCUT2D eigenvalue weighted by Gasteiger charge is -2.12. The highest BCUT2D eigenvalue weighted by Gasteiger charge is 2.19. The highest BCUT2D eigenvalue weighted by molar-refractivity contribution is 7.89. The number of aryl methyl sites for hydroxylation is 1. The highest BCUT2D eigenvalue weighted by atomic mass is 32.2. The maximum absolute atomic E-state index is 11.9. The van der Waals surface area contributed by atoms with Crippen LogP contribution in [0.25, 0.3) is 0 Å². The summed E-state index contributed by atoms with van der Waals surface area (Å²) in [6.07, 6.45) is 0. The van der Waals surface area contributed by atoms with E-state index in [-0.39, 0.29) is 17.1 Å². The molecule has 1 aromatic rings. The zero-order valence-corrected chi connectivity index (χ0v) is 10.9. The van der Waals surface area contributed by atoms with Gasteiger partial charge in [0, 0.05) is 6.04 Å². The van der Waals surface area contributed by atoms with Crippen molar-refractivity contribution in [2.75, 3.05) is 6.61 Å². The fourth-order valence-electron chi connectivity index (χ4n) is 1.37. The van der Waals surface area contributed by atoms with Gasteiger partial charge in [0.25, 0.3) is 0 Å². The van der Waals surface area contributed by atoms with Crippen LogP contribution >= 0.6 is 0 Å². The number of carboxylic acids is 1. The number of sulfonamides is 1. The summed E-state index contributed by atoms with van der Waals surface area (Å²) < 4.78 is 26.0. The van der Waals surface area contributed by atoms with Crippen molar-refractivity contribution in [3.8, 4) is 0 Å². The van der Waals surface area contributed by atoms with Crippen LogP contribution in [-0.4, -0.2) is 37.2 Å². The van der Waals surface area contributed by atoms with E-state index in [4.69, 9.17) is 10.2 Å². The molecule has 7 heteroatoms. The number of aliphatic hydroxyl groups is 1. The minimum Gasteiger partial charge on any atom is -0.478 e. The molecule has 0 heterocycles. The van der Waals surface area contributed by atoms with E-state index < -0.39 is 22.0 Å². The Kier molecular flexibility index (Phi) is 4.44. The molecule has 3 N–H and O–H groups in total. The Morgan fingerprint density at radius 3 is 2.56 bits per heavy atom. The second kappa shape index (κ2) is 5.47. The van der Waals surface area contributed by atoms with Gasteiger partial charge in [-0.25, -0.2) is 17.9 Å². The van der Waals surface area contributed by atoms with Crippen LogP contribution in [0.2, 0.25) is 0 Å². The average molecular weight is 273 g/mol. The Morgan fingerprint density at radius 2 is 2.06 bits per heavy atom. The van der Waals surface area contributed by atoms with Crippen LogP contribution in [-0.2, 0) is 10.0 Å². The molecule has 0 bridgehead atoms. The lowest BCUT2D eigenvalue weighted by atomic mass is 10.1. The van der Waals surface area contributed by atoms with Gasteiger partial charge in [-0.1, -0.05) is 6.07 Å². The van der Waals surface area contributed by atoms with Crippen LogP contribution in [0.3, 0.4) is 0 Å². The lowest BCUT2D eigenvalue weighted by Crippen LogP contribution is -2.35. The van der Waals surface area contributed by atoms with Crippen molar-refractivity contribution >= 4 is 16.0 Å². The summed E-state index contributed by atoms with van der Waals surface area (Å²) in [5, 5.41) is 17.7. The van der Waals surface area contributed by atoms with Crippen LogP contribution < -0.4 is 4.72 Å². The third-order valence-electron chi connectivity index (χ3n) is 2.38. The largest absolute Gasteiger partial charge is 0.478 e. The molecule has 0 aliphatic carbocycles. The Hall–Kier alpha value is -1.44. The topological polar surface area (TPSA) is 104 Å². The smallest absolute Gasteiger partial charge is 0.335 e. The van der Waals surface area contributed by atoms with Crippen LogP contribution in [0.4, 0.5) is 0 Å². The number of benzene rings is 1. The van der Waals surface area contributed by atoms with Crippen molar-refractivity contribution in [2.45, 2.75) is 24.8 Å². The molecular weight excluding hydrogens is 258 g/mol. The number of carbonyl (C=O) groups is 1. The molecule has 18 heavy (non-hydrogen) atoms. The van der Waals surface area contributed by atoms with Gasteiger partial charge in [0.15, 0.2) is 0 Å². The summed E-state index contributed by atoms with van der Waals surface area (Å²) >= 11 is 0. The monoisotopic (exact) mass is 273 g/mol. The Balaban J connectivity index is 3.18. The molecule has 0 saturated carbocycles. The first-order valence-corrected chi connectivity index (χ1v) is 6.73. The second-order valence-electron chi connectivity index (χ2n) is 3.99. The molecule has 0 saturated heterocycles.